The minimum Gasteiger partial charge on any atom is -0.467 e. The lowest BCUT2D eigenvalue weighted by atomic mass is 10.0. The molecule has 1 aliphatic carbocycles. The molecular formula is C16H16O3. The number of carbonyl (C=O) groups is 1. The summed E-state index contributed by atoms with van der Waals surface area (Å²) >= 11 is 0. The zero-order valence-electron chi connectivity index (χ0n) is 10.7. The molecule has 0 amide bonds. The van der Waals surface area contributed by atoms with Crippen LogP contribution in [0.3, 0.4) is 0 Å². The summed E-state index contributed by atoms with van der Waals surface area (Å²) in [5.74, 6) is 0.767. The van der Waals surface area contributed by atoms with Crippen molar-refractivity contribution in [3.8, 4) is 0 Å². The van der Waals surface area contributed by atoms with Crippen molar-refractivity contribution in [3.05, 3.63) is 59.0 Å². The van der Waals surface area contributed by atoms with E-state index in [0.29, 0.717) is 6.61 Å². The Morgan fingerprint density at radius 1 is 1.21 bits per heavy atom. The van der Waals surface area contributed by atoms with Gasteiger partial charge in [-0.25, -0.2) is 0 Å². The first-order valence-electron chi connectivity index (χ1n) is 6.58. The zero-order valence-corrected chi connectivity index (χ0v) is 10.7. The number of hydrogen-bond donors (Lipinski definition) is 0. The monoisotopic (exact) mass is 256 g/mol. The molecule has 19 heavy (non-hydrogen) atoms. The van der Waals surface area contributed by atoms with Crippen LogP contribution in [0.5, 0.6) is 0 Å². The summed E-state index contributed by atoms with van der Waals surface area (Å²) in [7, 11) is 0. The third-order valence-electron chi connectivity index (χ3n) is 3.48. The summed E-state index contributed by atoms with van der Waals surface area (Å²) in [5, 5.41) is 0. The fraction of sp³-hybridized carbons (Fsp3) is 0.312. The third kappa shape index (κ3) is 2.76. The van der Waals surface area contributed by atoms with Gasteiger partial charge in [-0.2, -0.15) is 0 Å². The molecule has 3 heteroatoms. The highest BCUT2D eigenvalue weighted by Gasteiger charge is 2.14. The van der Waals surface area contributed by atoms with Crippen LogP contribution in [0.1, 0.15) is 33.7 Å². The molecule has 0 fully saturated rings. The smallest absolute Gasteiger partial charge is 0.188 e. The molecule has 3 rings (SSSR count). The molecule has 0 radical (unpaired) electrons. The number of aryl methyl sites for hydroxylation is 2. The normalized spacial score (nSPS) is 13.5. The number of Topliss-reactive ketones (excluding diaryl/α,β-unsaturated/α-hetero) is 1. The Morgan fingerprint density at radius 2 is 2.11 bits per heavy atom. The predicted molar refractivity (Wildman–Crippen MR) is 71.2 cm³/mol. The highest BCUT2D eigenvalue weighted by atomic mass is 16.5. The van der Waals surface area contributed by atoms with Gasteiger partial charge >= 0.3 is 0 Å². The maximum atomic E-state index is 12.0. The minimum atomic E-state index is 0.0289. The Labute approximate surface area is 112 Å². The van der Waals surface area contributed by atoms with Gasteiger partial charge in [-0.3, -0.25) is 4.79 Å². The van der Waals surface area contributed by atoms with E-state index >= 15 is 0 Å². The van der Waals surface area contributed by atoms with Crippen molar-refractivity contribution in [2.24, 2.45) is 0 Å². The van der Waals surface area contributed by atoms with Crippen LogP contribution in [0.4, 0.5) is 0 Å². The molecule has 2 aromatic rings. The molecule has 0 aliphatic heterocycles. The van der Waals surface area contributed by atoms with E-state index in [9.17, 15) is 4.79 Å². The number of ketones is 1. The second kappa shape index (κ2) is 5.41. The molecule has 0 saturated carbocycles. The SMILES string of the molecule is O=C(COCc1ccco1)c1ccc2c(c1)CCC2. The Hall–Kier alpha value is -1.87. The number of rotatable bonds is 5. The molecule has 0 atom stereocenters. The van der Waals surface area contributed by atoms with Gasteiger partial charge in [0.25, 0.3) is 0 Å². The Bertz CT molecular complexity index is 570. The lowest BCUT2D eigenvalue weighted by molar-refractivity contribution is 0.0691. The maximum Gasteiger partial charge on any atom is 0.188 e. The van der Waals surface area contributed by atoms with Crippen molar-refractivity contribution in [1.82, 2.24) is 0 Å². The van der Waals surface area contributed by atoms with Gasteiger partial charge in [0.15, 0.2) is 5.78 Å². The van der Waals surface area contributed by atoms with Crippen LogP contribution >= 0.6 is 0 Å². The average Bonchev–Trinajstić information content (AvgIpc) is 3.08. The summed E-state index contributed by atoms with van der Waals surface area (Å²) in [6.45, 7) is 0.434. The Kier molecular flexibility index (Phi) is 3.47. The summed E-state index contributed by atoms with van der Waals surface area (Å²) < 4.78 is 10.5. The molecule has 3 nitrogen and oxygen atoms in total. The first-order chi connectivity index (χ1) is 9.33. The first kappa shape index (κ1) is 12.2. The highest BCUT2D eigenvalue weighted by Crippen LogP contribution is 2.23. The number of hydrogen-bond acceptors (Lipinski definition) is 3. The number of benzene rings is 1. The lowest BCUT2D eigenvalue weighted by Gasteiger charge is -2.05. The van der Waals surface area contributed by atoms with Crippen molar-refractivity contribution < 1.29 is 13.9 Å². The standard InChI is InChI=1S/C16H16O3/c17-16(11-18-10-15-5-2-8-19-15)14-7-6-12-3-1-4-13(12)9-14/h2,5-9H,1,3-4,10-11H2. The molecule has 1 heterocycles. The number of furan rings is 1. The Morgan fingerprint density at radius 3 is 2.95 bits per heavy atom. The van der Waals surface area contributed by atoms with Gasteiger partial charge in [0.1, 0.15) is 19.0 Å². The van der Waals surface area contributed by atoms with E-state index in [1.165, 1.54) is 17.5 Å². The summed E-state index contributed by atoms with van der Waals surface area (Å²) in [6.07, 6.45) is 5.02. The highest BCUT2D eigenvalue weighted by molar-refractivity contribution is 5.97. The van der Waals surface area contributed by atoms with Crippen molar-refractivity contribution in [3.63, 3.8) is 0 Å². The van der Waals surface area contributed by atoms with Gasteiger partial charge in [0.05, 0.1) is 6.26 Å². The van der Waals surface area contributed by atoms with Crippen molar-refractivity contribution >= 4 is 5.78 Å². The summed E-state index contributed by atoms with van der Waals surface area (Å²) in [5.41, 5.74) is 3.45. The van der Waals surface area contributed by atoms with Crippen LogP contribution in [0.15, 0.2) is 41.0 Å². The molecular weight excluding hydrogens is 240 g/mol. The molecule has 1 aliphatic rings. The van der Waals surface area contributed by atoms with Crippen molar-refractivity contribution in [2.45, 2.75) is 25.9 Å². The van der Waals surface area contributed by atoms with E-state index in [1.54, 1.807) is 12.3 Å². The zero-order chi connectivity index (χ0) is 13.1. The minimum absolute atomic E-state index is 0.0289. The van der Waals surface area contributed by atoms with E-state index in [1.807, 2.05) is 18.2 Å². The largest absolute Gasteiger partial charge is 0.467 e. The summed E-state index contributed by atoms with van der Waals surface area (Å²) in [6, 6.07) is 9.63. The molecule has 1 aromatic carbocycles. The second-order valence-corrected chi connectivity index (χ2v) is 4.83. The molecule has 1 aromatic heterocycles. The van der Waals surface area contributed by atoms with Gasteiger partial charge in [-0.05, 0) is 48.6 Å². The van der Waals surface area contributed by atoms with E-state index in [-0.39, 0.29) is 12.4 Å². The first-order valence-corrected chi connectivity index (χ1v) is 6.58. The summed E-state index contributed by atoms with van der Waals surface area (Å²) in [4.78, 5) is 12.0. The fourth-order valence-corrected chi connectivity index (χ4v) is 2.47. The van der Waals surface area contributed by atoms with E-state index in [0.717, 1.165) is 24.2 Å². The van der Waals surface area contributed by atoms with E-state index in [4.69, 9.17) is 9.15 Å². The van der Waals surface area contributed by atoms with Gasteiger partial charge in [0, 0.05) is 5.56 Å². The molecule has 0 N–H and O–H groups in total. The molecule has 0 saturated heterocycles. The number of carbonyl (C=O) groups excluding carboxylic acids is 1. The van der Waals surface area contributed by atoms with Gasteiger partial charge < -0.3 is 9.15 Å². The molecule has 0 bridgehead atoms. The van der Waals surface area contributed by atoms with Crippen LogP contribution in [0.25, 0.3) is 0 Å². The second-order valence-electron chi connectivity index (χ2n) is 4.83. The quantitative estimate of drug-likeness (QED) is 0.771. The van der Waals surface area contributed by atoms with Crippen LogP contribution in [-0.4, -0.2) is 12.4 Å². The Balaban J connectivity index is 1.58. The van der Waals surface area contributed by atoms with Gasteiger partial charge in [-0.15, -0.1) is 0 Å². The molecule has 98 valence electrons. The molecule has 0 spiro atoms. The predicted octanol–water partition coefficient (Wildman–Crippen LogP) is 3.17. The van der Waals surface area contributed by atoms with E-state index < -0.39 is 0 Å². The molecule has 0 unspecified atom stereocenters. The van der Waals surface area contributed by atoms with Crippen LogP contribution < -0.4 is 0 Å². The maximum absolute atomic E-state index is 12.0. The fourth-order valence-electron chi connectivity index (χ4n) is 2.47. The van der Waals surface area contributed by atoms with Crippen molar-refractivity contribution in [1.29, 1.82) is 0 Å². The lowest BCUT2D eigenvalue weighted by Crippen LogP contribution is -2.09. The number of ether oxygens (including phenoxy) is 1. The van der Waals surface area contributed by atoms with Crippen LogP contribution in [-0.2, 0) is 24.2 Å². The average molecular weight is 256 g/mol. The van der Waals surface area contributed by atoms with Crippen molar-refractivity contribution in [2.75, 3.05) is 6.61 Å². The van der Waals surface area contributed by atoms with Crippen LogP contribution in [0, 0.1) is 0 Å². The third-order valence-corrected chi connectivity index (χ3v) is 3.48. The van der Waals surface area contributed by atoms with E-state index in [2.05, 4.69) is 6.07 Å². The topological polar surface area (TPSA) is 39.4 Å². The van der Waals surface area contributed by atoms with Gasteiger partial charge in [0.2, 0.25) is 0 Å². The number of fused-ring (bicyclic) bond motifs is 1. The van der Waals surface area contributed by atoms with Crippen LogP contribution in [0.2, 0.25) is 0 Å². The van der Waals surface area contributed by atoms with Gasteiger partial charge in [-0.1, -0.05) is 12.1 Å².